The van der Waals surface area contributed by atoms with Gasteiger partial charge in [0.15, 0.2) is 0 Å². The van der Waals surface area contributed by atoms with Crippen LogP contribution in [0.5, 0.6) is 5.75 Å². The van der Waals surface area contributed by atoms with Crippen molar-refractivity contribution < 1.29 is 9.90 Å². The lowest BCUT2D eigenvalue weighted by atomic mass is 10.0. The molecule has 0 aromatic heterocycles. The number of nitriles is 1. The quantitative estimate of drug-likeness (QED) is 0.912. The van der Waals surface area contributed by atoms with Crippen molar-refractivity contribution in [3.05, 3.63) is 29.3 Å². The number of aromatic hydroxyl groups is 1. The summed E-state index contributed by atoms with van der Waals surface area (Å²) in [5, 5.41) is 18.4. The van der Waals surface area contributed by atoms with Crippen molar-refractivity contribution in [2.75, 3.05) is 27.2 Å². The van der Waals surface area contributed by atoms with Crippen molar-refractivity contribution in [1.29, 1.82) is 5.26 Å². The third-order valence-electron chi connectivity index (χ3n) is 3.92. The van der Waals surface area contributed by atoms with E-state index in [2.05, 4.69) is 4.90 Å². The lowest BCUT2D eigenvalue weighted by molar-refractivity contribution is -0.129. The highest BCUT2D eigenvalue weighted by atomic mass is 16.3. The monoisotopic (exact) mass is 287 g/mol. The van der Waals surface area contributed by atoms with Crippen LogP contribution in [-0.4, -0.2) is 48.0 Å². The molecule has 0 saturated carbocycles. The predicted molar refractivity (Wildman–Crippen MR) is 79.5 cm³/mol. The summed E-state index contributed by atoms with van der Waals surface area (Å²) in [5.74, 6) is 0.614. The maximum absolute atomic E-state index is 11.7. The number of nitrogens with zero attached hydrogens (tertiary/aromatic N) is 3. The van der Waals surface area contributed by atoms with Gasteiger partial charge in [-0.3, -0.25) is 9.69 Å². The lowest BCUT2D eigenvalue weighted by Crippen LogP contribution is -2.26. The van der Waals surface area contributed by atoms with E-state index in [0.717, 1.165) is 31.6 Å². The molecule has 0 radical (unpaired) electrons. The summed E-state index contributed by atoms with van der Waals surface area (Å²) >= 11 is 0. The lowest BCUT2D eigenvalue weighted by Gasteiger charge is -2.17. The number of carbonyl (C=O) groups excluding carboxylic acids is 1. The number of likely N-dealkylation sites (tertiary alicyclic amines) is 1. The molecule has 112 valence electrons. The molecular formula is C16H21N3O2. The average Bonchev–Trinajstić information content (AvgIpc) is 2.88. The summed E-state index contributed by atoms with van der Waals surface area (Å²) < 4.78 is 0. The second-order valence-electron chi connectivity index (χ2n) is 5.85. The number of benzene rings is 1. The van der Waals surface area contributed by atoms with Gasteiger partial charge in [0.05, 0.1) is 5.56 Å². The minimum atomic E-state index is 0.0251. The molecule has 0 aliphatic carbocycles. The fraction of sp³-hybridized carbons (Fsp3) is 0.500. The fourth-order valence-electron chi connectivity index (χ4n) is 2.68. The Labute approximate surface area is 125 Å². The van der Waals surface area contributed by atoms with Crippen molar-refractivity contribution in [3.63, 3.8) is 0 Å². The molecule has 1 aliphatic heterocycles. The Morgan fingerprint density at radius 3 is 2.95 bits per heavy atom. The van der Waals surface area contributed by atoms with Crippen LogP contribution in [0, 0.1) is 17.2 Å². The molecule has 1 fully saturated rings. The Hall–Kier alpha value is -2.06. The first kappa shape index (κ1) is 15.3. The minimum Gasteiger partial charge on any atom is -0.507 e. The van der Waals surface area contributed by atoms with E-state index >= 15 is 0 Å². The zero-order chi connectivity index (χ0) is 15.4. The SMILES string of the molecule is CN(C)C(=O)C[C@@H]1CCN(Cc2ccc(O)c(C#N)c2)C1. The number of carbonyl (C=O) groups is 1. The van der Waals surface area contributed by atoms with Gasteiger partial charge >= 0.3 is 0 Å². The molecule has 1 aromatic rings. The average molecular weight is 287 g/mol. The molecule has 21 heavy (non-hydrogen) atoms. The molecule has 2 rings (SSSR count). The van der Waals surface area contributed by atoms with E-state index in [1.54, 1.807) is 31.1 Å². The van der Waals surface area contributed by atoms with E-state index < -0.39 is 0 Å². The molecule has 1 aliphatic rings. The van der Waals surface area contributed by atoms with Crippen LogP contribution in [0.2, 0.25) is 0 Å². The van der Waals surface area contributed by atoms with E-state index in [4.69, 9.17) is 5.26 Å². The van der Waals surface area contributed by atoms with Crippen LogP contribution in [0.3, 0.4) is 0 Å². The zero-order valence-corrected chi connectivity index (χ0v) is 12.5. The first-order chi connectivity index (χ1) is 9.99. The highest BCUT2D eigenvalue weighted by Gasteiger charge is 2.25. The number of hydrogen-bond acceptors (Lipinski definition) is 4. The third-order valence-corrected chi connectivity index (χ3v) is 3.92. The Kier molecular flexibility index (Phi) is 4.81. The predicted octanol–water partition coefficient (Wildman–Crippen LogP) is 1.56. The summed E-state index contributed by atoms with van der Waals surface area (Å²) in [5.41, 5.74) is 1.33. The van der Waals surface area contributed by atoms with Crippen LogP contribution >= 0.6 is 0 Å². The fourth-order valence-corrected chi connectivity index (χ4v) is 2.68. The van der Waals surface area contributed by atoms with Crippen molar-refractivity contribution in [2.24, 2.45) is 5.92 Å². The normalized spacial score (nSPS) is 18.4. The Morgan fingerprint density at radius 2 is 2.29 bits per heavy atom. The number of amides is 1. The second-order valence-corrected chi connectivity index (χ2v) is 5.85. The van der Waals surface area contributed by atoms with Crippen LogP contribution < -0.4 is 0 Å². The number of phenols is 1. The largest absolute Gasteiger partial charge is 0.507 e. The van der Waals surface area contributed by atoms with E-state index in [0.29, 0.717) is 17.9 Å². The Morgan fingerprint density at radius 1 is 1.52 bits per heavy atom. The molecule has 1 atom stereocenters. The molecule has 1 N–H and O–H groups in total. The summed E-state index contributed by atoms with van der Waals surface area (Å²) in [6, 6.07) is 7.13. The van der Waals surface area contributed by atoms with Crippen LogP contribution in [0.4, 0.5) is 0 Å². The summed E-state index contributed by atoms with van der Waals surface area (Å²) in [7, 11) is 3.57. The maximum Gasteiger partial charge on any atom is 0.222 e. The van der Waals surface area contributed by atoms with Gasteiger partial charge in [-0.2, -0.15) is 5.26 Å². The zero-order valence-electron chi connectivity index (χ0n) is 12.5. The summed E-state index contributed by atoms with van der Waals surface area (Å²) in [6.07, 6.45) is 1.63. The second kappa shape index (κ2) is 6.59. The van der Waals surface area contributed by atoms with Gasteiger partial charge in [-0.1, -0.05) is 6.07 Å². The van der Waals surface area contributed by atoms with Crippen molar-refractivity contribution in [1.82, 2.24) is 9.80 Å². The van der Waals surface area contributed by atoms with E-state index in [-0.39, 0.29) is 11.7 Å². The molecule has 1 heterocycles. The Balaban J connectivity index is 1.91. The number of phenolic OH excluding ortho intramolecular Hbond substituents is 1. The van der Waals surface area contributed by atoms with Crippen molar-refractivity contribution in [3.8, 4) is 11.8 Å². The minimum absolute atomic E-state index is 0.0251. The molecule has 5 nitrogen and oxygen atoms in total. The molecule has 5 heteroatoms. The van der Waals surface area contributed by atoms with Crippen LogP contribution in [0.15, 0.2) is 18.2 Å². The molecule has 0 bridgehead atoms. The van der Waals surface area contributed by atoms with E-state index in [1.165, 1.54) is 0 Å². The maximum atomic E-state index is 11.7. The van der Waals surface area contributed by atoms with Gasteiger partial charge in [0, 0.05) is 33.6 Å². The van der Waals surface area contributed by atoms with E-state index in [1.807, 2.05) is 12.1 Å². The van der Waals surface area contributed by atoms with Crippen LogP contribution in [0.25, 0.3) is 0 Å². The summed E-state index contributed by atoms with van der Waals surface area (Å²) in [4.78, 5) is 15.7. The molecule has 0 spiro atoms. The third kappa shape index (κ3) is 3.96. The van der Waals surface area contributed by atoms with Gasteiger partial charge in [-0.15, -0.1) is 0 Å². The molecular weight excluding hydrogens is 266 g/mol. The Bertz CT molecular complexity index is 563. The van der Waals surface area contributed by atoms with Crippen LogP contribution in [0.1, 0.15) is 24.0 Å². The summed E-state index contributed by atoms with van der Waals surface area (Å²) in [6.45, 7) is 2.62. The number of hydrogen-bond donors (Lipinski definition) is 1. The molecule has 1 aromatic carbocycles. The molecule has 1 saturated heterocycles. The topological polar surface area (TPSA) is 67.6 Å². The highest BCUT2D eigenvalue weighted by molar-refractivity contribution is 5.75. The standard InChI is InChI=1S/C16H21N3O2/c1-18(2)16(21)8-13-5-6-19(11-13)10-12-3-4-15(20)14(7-12)9-17/h3-4,7,13,20H,5-6,8,10-11H2,1-2H3/t13-/m0/s1. The van der Waals surface area contributed by atoms with Gasteiger partial charge in [0.25, 0.3) is 0 Å². The van der Waals surface area contributed by atoms with Gasteiger partial charge in [-0.05, 0) is 36.6 Å². The van der Waals surface area contributed by atoms with Gasteiger partial charge in [0.1, 0.15) is 11.8 Å². The van der Waals surface area contributed by atoms with E-state index in [9.17, 15) is 9.90 Å². The molecule has 0 unspecified atom stereocenters. The van der Waals surface area contributed by atoms with Gasteiger partial charge in [-0.25, -0.2) is 0 Å². The van der Waals surface area contributed by atoms with Crippen molar-refractivity contribution in [2.45, 2.75) is 19.4 Å². The highest BCUT2D eigenvalue weighted by Crippen LogP contribution is 2.24. The van der Waals surface area contributed by atoms with Gasteiger partial charge < -0.3 is 10.0 Å². The first-order valence-corrected chi connectivity index (χ1v) is 7.14. The van der Waals surface area contributed by atoms with Gasteiger partial charge in [0.2, 0.25) is 5.91 Å². The number of rotatable bonds is 4. The molecule has 1 amide bonds. The van der Waals surface area contributed by atoms with Crippen molar-refractivity contribution >= 4 is 5.91 Å². The van der Waals surface area contributed by atoms with Crippen LogP contribution in [-0.2, 0) is 11.3 Å². The smallest absolute Gasteiger partial charge is 0.222 e. The first-order valence-electron chi connectivity index (χ1n) is 7.14.